The summed E-state index contributed by atoms with van der Waals surface area (Å²) in [6.45, 7) is 3.42. The first-order chi connectivity index (χ1) is 8.18. The third-order valence-corrected chi connectivity index (χ3v) is 4.01. The predicted octanol–water partition coefficient (Wildman–Crippen LogP) is 2.96. The maximum absolute atomic E-state index is 12.3. The highest BCUT2D eigenvalue weighted by molar-refractivity contribution is 9.10. The number of nitrogens with zero attached hydrogens (tertiary/aromatic N) is 1. The molecule has 0 atom stereocenters. The lowest BCUT2D eigenvalue weighted by Crippen LogP contribution is -2.34. The Morgan fingerprint density at radius 2 is 2.11 bits per heavy atom. The first-order valence-electron chi connectivity index (χ1n) is 5.63. The zero-order chi connectivity index (χ0) is 12.3. The van der Waals surface area contributed by atoms with Crippen LogP contribution >= 0.6 is 39.9 Å². The van der Waals surface area contributed by atoms with E-state index in [1.807, 2.05) is 4.90 Å². The number of halogens is 3. The molecule has 1 saturated heterocycles. The van der Waals surface area contributed by atoms with E-state index in [1.54, 1.807) is 18.2 Å². The number of nitrogens with one attached hydrogen (secondary N) is 1. The van der Waals surface area contributed by atoms with E-state index in [2.05, 4.69) is 21.2 Å². The molecular formula is C12H15BrCl2N2O. The molecule has 18 heavy (non-hydrogen) atoms. The van der Waals surface area contributed by atoms with Crippen molar-refractivity contribution in [2.24, 2.45) is 0 Å². The summed E-state index contributed by atoms with van der Waals surface area (Å²) in [6.07, 6.45) is 1.00. The fourth-order valence-corrected chi connectivity index (χ4v) is 2.36. The molecule has 1 heterocycles. The van der Waals surface area contributed by atoms with Gasteiger partial charge >= 0.3 is 0 Å². The summed E-state index contributed by atoms with van der Waals surface area (Å²) in [6, 6.07) is 5.30. The lowest BCUT2D eigenvalue weighted by molar-refractivity contribution is 0.0766. The highest BCUT2D eigenvalue weighted by Crippen LogP contribution is 2.23. The number of benzene rings is 1. The van der Waals surface area contributed by atoms with E-state index in [-0.39, 0.29) is 18.3 Å². The molecule has 0 aliphatic carbocycles. The maximum atomic E-state index is 12.3. The second-order valence-electron chi connectivity index (χ2n) is 4.02. The van der Waals surface area contributed by atoms with Crippen LogP contribution in [0.1, 0.15) is 16.8 Å². The molecule has 1 amide bonds. The molecule has 1 aliphatic rings. The van der Waals surface area contributed by atoms with Gasteiger partial charge in [-0.15, -0.1) is 12.4 Å². The SMILES string of the molecule is Cl.O=C(c1ccc(Cl)c(Br)c1)N1CCCNCC1. The van der Waals surface area contributed by atoms with E-state index >= 15 is 0 Å². The van der Waals surface area contributed by atoms with Crippen molar-refractivity contribution in [3.05, 3.63) is 33.3 Å². The molecule has 0 unspecified atom stereocenters. The molecule has 0 spiro atoms. The third-order valence-electron chi connectivity index (χ3n) is 2.79. The van der Waals surface area contributed by atoms with Crippen LogP contribution in [0.25, 0.3) is 0 Å². The lowest BCUT2D eigenvalue weighted by atomic mass is 10.2. The van der Waals surface area contributed by atoms with Gasteiger partial charge in [0.25, 0.3) is 5.91 Å². The van der Waals surface area contributed by atoms with Gasteiger partial charge in [-0.2, -0.15) is 0 Å². The second-order valence-corrected chi connectivity index (χ2v) is 5.29. The minimum Gasteiger partial charge on any atom is -0.337 e. The van der Waals surface area contributed by atoms with E-state index < -0.39 is 0 Å². The number of amides is 1. The molecule has 100 valence electrons. The Morgan fingerprint density at radius 3 is 2.83 bits per heavy atom. The van der Waals surface area contributed by atoms with Crippen LogP contribution in [-0.4, -0.2) is 37.0 Å². The van der Waals surface area contributed by atoms with Gasteiger partial charge in [0.2, 0.25) is 0 Å². The van der Waals surface area contributed by atoms with Crippen LogP contribution < -0.4 is 5.32 Å². The number of rotatable bonds is 1. The molecule has 1 aliphatic heterocycles. The largest absolute Gasteiger partial charge is 0.337 e. The fraction of sp³-hybridized carbons (Fsp3) is 0.417. The summed E-state index contributed by atoms with van der Waals surface area (Å²) in [4.78, 5) is 14.1. The lowest BCUT2D eigenvalue weighted by Gasteiger charge is -2.20. The van der Waals surface area contributed by atoms with Crippen molar-refractivity contribution >= 4 is 45.8 Å². The van der Waals surface area contributed by atoms with Crippen molar-refractivity contribution in [1.82, 2.24) is 10.2 Å². The van der Waals surface area contributed by atoms with Crippen LogP contribution in [0.4, 0.5) is 0 Å². The van der Waals surface area contributed by atoms with Crippen LogP contribution in [0.15, 0.2) is 22.7 Å². The van der Waals surface area contributed by atoms with Crippen molar-refractivity contribution in [3.63, 3.8) is 0 Å². The monoisotopic (exact) mass is 352 g/mol. The smallest absolute Gasteiger partial charge is 0.253 e. The standard InChI is InChI=1S/C12H14BrClN2O.ClH/c13-10-8-9(2-3-11(10)14)12(17)16-6-1-4-15-5-7-16;/h2-3,8,15H,1,4-7H2;1H. The number of hydrogen-bond acceptors (Lipinski definition) is 2. The Bertz CT molecular complexity index is 421. The van der Waals surface area contributed by atoms with Crippen molar-refractivity contribution in [2.45, 2.75) is 6.42 Å². The molecule has 2 rings (SSSR count). The van der Waals surface area contributed by atoms with Gasteiger partial charge in [0.1, 0.15) is 0 Å². The van der Waals surface area contributed by atoms with Crippen molar-refractivity contribution in [2.75, 3.05) is 26.2 Å². The first-order valence-corrected chi connectivity index (χ1v) is 6.80. The topological polar surface area (TPSA) is 32.3 Å². The molecule has 6 heteroatoms. The average molecular weight is 354 g/mol. The van der Waals surface area contributed by atoms with Crippen molar-refractivity contribution in [3.8, 4) is 0 Å². The van der Waals surface area contributed by atoms with Gasteiger partial charge < -0.3 is 10.2 Å². The number of carbonyl (C=O) groups is 1. The quantitative estimate of drug-likeness (QED) is 0.841. The van der Waals surface area contributed by atoms with Gasteiger partial charge in [-0.05, 0) is 47.1 Å². The van der Waals surface area contributed by atoms with Crippen molar-refractivity contribution < 1.29 is 4.79 Å². The van der Waals surface area contributed by atoms with E-state index in [1.165, 1.54) is 0 Å². The number of hydrogen-bond donors (Lipinski definition) is 1. The zero-order valence-electron chi connectivity index (χ0n) is 9.79. The average Bonchev–Trinajstić information content (AvgIpc) is 2.60. The Kier molecular flexibility index (Phi) is 6.43. The molecule has 3 nitrogen and oxygen atoms in total. The Balaban J connectivity index is 0.00000162. The number of carbonyl (C=O) groups excluding carboxylic acids is 1. The fourth-order valence-electron chi connectivity index (χ4n) is 1.86. The molecule has 1 aromatic carbocycles. The summed E-state index contributed by atoms with van der Waals surface area (Å²) in [5.41, 5.74) is 0.683. The molecule has 0 saturated carbocycles. The van der Waals surface area contributed by atoms with Gasteiger partial charge in [0, 0.05) is 29.7 Å². The molecule has 0 bridgehead atoms. The molecule has 0 aromatic heterocycles. The second kappa shape index (κ2) is 7.34. The van der Waals surface area contributed by atoms with E-state index in [4.69, 9.17) is 11.6 Å². The van der Waals surface area contributed by atoms with Gasteiger partial charge in [0.15, 0.2) is 0 Å². The van der Waals surface area contributed by atoms with Crippen LogP contribution in [0.2, 0.25) is 5.02 Å². The first kappa shape index (κ1) is 15.8. The zero-order valence-corrected chi connectivity index (χ0v) is 12.9. The summed E-state index contributed by atoms with van der Waals surface area (Å²) < 4.78 is 0.762. The van der Waals surface area contributed by atoms with E-state index in [0.717, 1.165) is 37.1 Å². The minimum atomic E-state index is 0. The molecule has 1 N–H and O–H groups in total. The maximum Gasteiger partial charge on any atom is 0.253 e. The van der Waals surface area contributed by atoms with Gasteiger partial charge in [-0.25, -0.2) is 0 Å². The minimum absolute atomic E-state index is 0. The van der Waals surface area contributed by atoms with E-state index in [9.17, 15) is 4.79 Å². The normalized spacial score (nSPS) is 15.8. The van der Waals surface area contributed by atoms with Crippen LogP contribution in [0.3, 0.4) is 0 Å². The molecule has 1 fully saturated rings. The molecule has 1 aromatic rings. The summed E-state index contributed by atoms with van der Waals surface area (Å²) in [5, 5.41) is 3.90. The summed E-state index contributed by atoms with van der Waals surface area (Å²) in [7, 11) is 0. The van der Waals surface area contributed by atoms with Gasteiger partial charge in [-0.3, -0.25) is 4.79 Å². The highest BCUT2D eigenvalue weighted by Gasteiger charge is 2.17. The predicted molar refractivity (Wildman–Crippen MR) is 79.8 cm³/mol. The molecular weight excluding hydrogens is 339 g/mol. The van der Waals surface area contributed by atoms with Crippen LogP contribution in [-0.2, 0) is 0 Å². The van der Waals surface area contributed by atoms with Crippen LogP contribution in [0.5, 0.6) is 0 Å². The Hall–Kier alpha value is -0.290. The Labute approximate surface area is 126 Å². The van der Waals surface area contributed by atoms with Gasteiger partial charge in [0.05, 0.1) is 5.02 Å². The summed E-state index contributed by atoms with van der Waals surface area (Å²) in [5.74, 6) is 0.0751. The summed E-state index contributed by atoms with van der Waals surface area (Å²) >= 11 is 9.25. The molecule has 0 radical (unpaired) electrons. The van der Waals surface area contributed by atoms with Gasteiger partial charge in [-0.1, -0.05) is 11.6 Å². The third kappa shape index (κ3) is 3.85. The highest BCUT2D eigenvalue weighted by atomic mass is 79.9. The van der Waals surface area contributed by atoms with E-state index in [0.29, 0.717) is 10.6 Å². The van der Waals surface area contributed by atoms with Crippen LogP contribution in [0, 0.1) is 0 Å². The Morgan fingerprint density at radius 1 is 1.33 bits per heavy atom. The van der Waals surface area contributed by atoms with Crippen molar-refractivity contribution in [1.29, 1.82) is 0 Å².